The first kappa shape index (κ1) is 18.7. The van der Waals surface area contributed by atoms with E-state index in [9.17, 15) is 13.2 Å². The summed E-state index contributed by atoms with van der Waals surface area (Å²) < 4.78 is 27.6. The van der Waals surface area contributed by atoms with Crippen LogP contribution in [0.4, 0.5) is 0 Å². The quantitative estimate of drug-likeness (QED) is 0.861. The van der Waals surface area contributed by atoms with E-state index in [-0.39, 0.29) is 5.91 Å². The minimum atomic E-state index is -3.46. The van der Waals surface area contributed by atoms with E-state index in [4.69, 9.17) is 0 Å². The molecule has 0 bridgehead atoms. The maximum atomic E-state index is 13.0. The zero-order valence-corrected chi connectivity index (χ0v) is 16.6. The molecule has 1 heterocycles. The zero-order chi connectivity index (χ0) is 18.9. The van der Waals surface area contributed by atoms with E-state index < -0.39 is 10.0 Å². The number of fused-ring (bicyclic) bond motifs is 1. The summed E-state index contributed by atoms with van der Waals surface area (Å²) in [5.41, 5.74) is 2.63. The van der Waals surface area contributed by atoms with Crippen LogP contribution in [0.1, 0.15) is 62.5 Å². The zero-order valence-electron chi connectivity index (χ0n) is 15.7. The third-order valence-corrected chi connectivity index (χ3v) is 7.91. The van der Waals surface area contributed by atoms with Crippen molar-refractivity contribution in [3.05, 3.63) is 34.9 Å². The molecule has 5 nitrogen and oxygen atoms in total. The normalized spacial score (nSPS) is 21.6. The van der Waals surface area contributed by atoms with Crippen molar-refractivity contribution in [1.29, 1.82) is 0 Å². The van der Waals surface area contributed by atoms with Gasteiger partial charge in [-0.3, -0.25) is 4.79 Å². The highest BCUT2D eigenvalue weighted by Crippen LogP contribution is 2.30. The maximum Gasteiger partial charge on any atom is 0.247 e. The SMILES string of the molecule is O=C(NC1CCCC1)C1=Cc2cc(S(=O)(=O)N3CCCCCC3)ccc2C1. The highest BCUT2D eigenvalue weighted by molar-refractivity contribution is 7.89. The fourth-order valence-electron chi connectivity index (χ4n) is 4.40. The molecule has 146 valence electrons. The van der Waals surface area contributed by atoms with Gasteiger partial charge in [0.2, 0.25) is 15.9 Å². The number of nitrogens with zero attached hydrogens (tertiary/aromatic N) is 1. The molecule has 2 fully saturated rings. The van der Waals surface area contributed by atoms with Crippen molar-refractivity contribution in [3.8, 4) is 0 Å². The number of hydrogen-bond donors (Lipinski definition) is 1. The van der Waals surface area contributed by atoms with E-state index >= 15 is 0 Å². The minimum absolute atomic E-state index is 0.00461. The summed E-state index contributed by atoms with van der Waals surface area (Å²) in [6.07, 6.45) is 11.0. The molecule has 4 rings (SSSR count). The Bertz CT molecular complexity index is 846. The number of rotatable bonds is 4. The Morgan fingerprint density at radius 1 is 1.00 bits per heavy atom. The molecule has 0 radical (unpaired) electrons. The highest BCUT2D eigenvalue weighted by Gasteiger charge is 2.28. The third kappa shape index (κ3) is 3.97. The second-order valence-corrected chi connectivity index (χ2v) is 9.92. The molecule has 1 aromatic carbocycles. The molecule has 1 saturated heterocycles. The average molecular weight is 389 g/mol. The van der Waals surface area contributed by atoms with Crippen LogP contribution in [-0.2, 0) is 21.2 Å². The number of sulfonamides is 1. The van der Waals surface area contributed by atoms with Gasteiger partial charge in [0, 0.05) is 31.1 Å². The van der Waals surface area contributed by atoms with Crippen LogP contribution < -0.4 is 5.32 Å². The van der Waals surface area contributed by atoms with Gasteiger partial charge in [0.05, 0.1) is 4.90 Å². The van der Waals surface area contributed by atoms with Gasteiger partial charge >= 0.3 is 0 Å². The van der Waals surface area contributed by atoms with Crippen LogP contribution in [0.5, 0.6) is 0 Å². The smallest absolute Gasteiger partial charge is 0.247 e. The van der Waals surface area contributed by atoms with E-state index in [2.05, 4.69) is 5.32 Å². The number of benzene rings is 1. The fraction of sp³-hybridized carbons (Fsp3) is 0.571. The Morgan fingerprint density at radius 3 is 2.41 bits per heavy atom. The second kappa shape index (κ2) is 7.76. The lowest BCUT2D eigenvalue weighted by molar-refractivity contribution is -0.118. The molecule has 27 heavy (non-hydrogen) atoms. The van der Waals surface area contributed by atoms with E-state index in [1.807, 2.05) is 12.1 Å². The molecular formula is C21H28N2O3S. The molecule has 0 atom stereocenters. The average Bonchev–Trinajstić information content (AvgIpc) is 3.23. The van der Waals surface area contributed by atoms with Crippen molar-refractivity contribution in [1.82, 2.24) is 9.62 Å². The van der Waals surface area contributed by atoms with Gasteiger partial charge in [-0.2, -0.15) is 4.31 Å². The molecule has 1 aliphatic heterocycles. The lowest BCUT2D eigenvalue weighted by Crippen LogP contribution is -2.33. The maximum absolute atomic E-state index is 13.0. The Kier molecular flexibility index (Phi) is 5.37. The highest BCUT2D eigenvalue weighted by atomic mass is 32.2. The largest absolute Gasteiger partial charge is 0.350 e. The first-order valence-electron chi connectivity index (χ1n) is 10.2. The number of hydrogen-bond acceptors (Lipinski definition) is 3. The van der Waals surface area contributed by atoms with Crippen LogP contribution in [0.3, 0.4) is 0 Å². The summed E-state index contributed by atoms with van der Waals surface area (Å²) in [6, 6.07) is 5.60. The summed E-state index contributed by atoms with van der Waals surface area (Å²) in [7, 11) is -3.46. The summed E-state index contributed by atoms with van der Waals surface area (Å²) in [5.74, 6) is -0.00461. The standard InChI is InChI=1S/C21H28N2O3S/c24-21(22-19-7-3-4-8-19)18-13-16-9-10-20(15-17(16)14-18)27(25,26)23-11-5-1-2-6-12-23/h9-10,14-15,19H,1-8,11-13H2,(H,22,24). The van der Waals surface area contributed by atoms with Crippen LogP contribution in [-0.4, -0.2) is 37.8 Å². The topological polar surface area (TPSA) is 66.5 Å². The Hall–Kier alpha value is -1.66. The van der Waals surface area contributed by atoms with Crippen molar-refractivity contribution in [2.45, 2.75) is 68.7 Å². The number of amides is 1. The monoisotopic (exact) mass is 388 g/mol. The molecule has 1 amide bonds. The van der Waals surface area contributed by atoms with Gasteiger partial charge in [0.1, 0.15) is 0 Å². The van der Waals surface area contributed by atoms with Crippen molar-refractivity contribution in [2.75, 3.05) is 13.1 Å². The Balaban J connectivity index is 1.52. The van der Waals surface area contributed by atoms with Gasteiger partial charge in [0.15, 0.2) is 0 Å². The van der Waals surface area contributed by atoms with E-state index in [0.717, 1.165) is 55.2 Å². The molecule has 0 unspecified atom stereocenters. The number of carbonyl (C=O) groups excluding carboxylic acids is 1. The van der Waals surface area contributed by atoms with Gasteiger partial charge in [-0.25, -0.2) is 8.42 Å². The summed E-state index contributed by atoms with van der Waals surface area (Å²) in [5, 5.41) is 3.13. The number of carbonyl (C=O) groups is 1. The van der Waals surface area contributed by atoms with E-state index in [1.54, 1.807) is 16.4 Å². The molecule has 1 saturated carbocycles. The van der Waals surface area contributed by atoms with Crippen LogP contribution >= 0.6 is 0 Å². The fourth-order valence-corrected chi connectivity index (χ4v) is 5.95. The summed E-state index contributed by atoms with van der Waals surface area (Å²) >= 11 is 0. The van der Waals surface area contributed by atoms with Gasteiger partial charge in [0.25, 0.3) is 0 Å². The lowest BCUT2D eigenvalue weighted by Gasteiger charge is -2.20. The molecule has 2 aliphatic carbocycles. The Morgan fingerprint density at radius 2 is 1.70 bits per heavy atom. The van der Waals surface area contributed by atoms with Crippen molar-refractivity contribution in [2.24, 2.45) is 0 Å². The second-order valence-electron chi connectivity index (χ2n) is 7.98. The van der Waals surface area contributed by atoms with E-state index in [0.29, 0.717) is 30.4 Å². The molecule has 1 aromatic rings. The summed E-state index contributed by atoms with van der Waals surface area (Å²) in [6.45, 7) is 1.20. The Labute approximate surface area is 161 Å². The van der Waals surface area contributed by atoms with Crippen LogP contribution in [0, 0.1) is 0 Å². The van der Waals surface area contributed by atoms with Gasteiger partial charge in [-0.05, 0) is 55.0 Å². The molecular weight excluding hydrogens is 360 g/mol. The van der Waals surface area contributed by atoms with Crippen molar-refractivity contribution >= 4 is 22.0 Å². The van der Waals surface area contributed by atoms with Crippen LogP contribution in [0.15, 0.2) is 28.7 Å². The number of nitrogens with one attached hydrogen (secondary N) is 1. The molecule has 0 spiro atoms. The first-order chi connectivity index (χ1) is 13.0. The van der Waals surface area contributed by atoms with Gasteiger partial charge in [-0.1, -0.05) is 31.7 Å². The van der Waals surface area contributed by atoms with Crippen LogP contribution in [0.2, 0.25) is 0 Å². The first-order valence-corrected chi connectivity index (χ1v) is 11.6. The van der Waals surface area contributed by atoms with Crippen molar-refractivity contribution < 1.29 is 13.2 Å². The van der Waals surface area contributed by atoms with Gasteiger partial charge in [-0.15, -0.1) is 0 Å². The molecule has 3 aliphatic rings. The summed E-state index contributed by atoms with van der Waals surface area (Å²) in [4.78, 5) is 12.9. The van der Waals surface area contributed by atoms with Crippen LogP contribution in [0.25, 0.3) is 6.08 Å². The minimum Gasteiger partial charge on any atom is -0.350 e. The third-order valence-electron chi connectivity index (χ3n) is 6.01. The predicted molar refractivity (Wildman–Crippen MR) is 106 cm³/mol. The van der Waals surface area contributed by atoms with E-state index in [1.165, 1.54) is 12.8 Å². The molecule has 0 aromatic heterocycles. The lowest BCUT2D eigenvalue weighted by atomic mass is 10.1. The molecule has 1 N–H and O–H groups in total. The van der Waals surface area contributed by atoms with Gasteiger partial charge < -0.3 is 5.32 Å². The van der Waals surface area contributed by atoms with Crippen molar-refractivity contribution in [3.63, 3.8) is 0 Å². The predicted octanol–water partition coefficient (Wildman–Crippen LogP) is 3.25. The molecule has 6 heteroatoms.